The van der Waals surface area contributed by atoms with Crippen molar-refractivity contribution >= 4 is 17.2 Å². The van der Waals surface area contributed by atoms with E-state index < -0.39 is 0 Å². The number of carbonyl (C=O) groups excluding carboxylic acids is 1. The van der Waals surface area contributed by atoms with Crippen LogP contribution >= 0.6 is 11.3 Å². The monoisotopic (exact) mass is 293 g/mol. The summed E-state index contributed by atoms with van der Waals surface area (Å²) in [5.74, 6) is 1.70. The molecule has 2 atom stereocenters. The first-order chi connectivity index (χ1) is 9.78. The summed E-state index contributed by atoms with van der Waals surface area (Å²) in [4.78, 5) is 19.0. The molecule has 2 aliphatic rings. The van der Waals surface area contributed by atoms with Gasteiger partial charge < -0.3 is 10.6 Å². The van der Waals surface area contributed by atoms with Gasteiger partial charge in [0, 0.05) is 24.9 Å². The van der Waals surface area contributed by atoms with Gasteiger partial charge in [-0.2, -0.15) is 0 Å². The van der Waals surface area contributed by atoms with Crippen LogP contribution in [0.15, 0.2) is 5.38 Å². The zero-order valence-electron chi connectivity index (χ0n) is 11.9. The van der Waals surface area contributed by atoms with Crippen LogP contribution in [0, 0.1) is 11.8 Å². The van der Waals surface area contributed by atoms with E-state index in [-0.39, 0.29) is 5.91 Å². The number of fused-ring (bicyclic) bond motifs is 1. The zero-order chi connectivity index (χ0) is 13.9. The minimum Gasteiger partial charge on any atom is -0.337 e. The van der Waals surface area contributed by atoms with Crippen molar-refractivity contribution in [2.24, 2.45) is 17.6 Å². The van der Waals surface area contributed by atoms with Crippen LogP contribution in [0.3, 0.4) is 0 Å². The van der Waals surface area contributed by atoms with E-state index in [1.807, 2.05) is 10.3 Å². The first-order valence-electron chi connectivity index (χ1n) is 7.71. The molecule has 2 unspecified atom stereocenters. The van der Waals surface area contributed by atoms with Gasteiger partial charge in [0.05, 0.1) is 5.01 Å². The average Bonchev–Trinajstić information content (AvgIpc) is 2.95. The normalized spacial score (nSPS) is 26.4. The van der Waals surface area contributed by atoms with Crippen molar-refractivity contribution in [3.63, 3.8) is 0 Å². The molecule has 1 aliphatic heterocycles. The lowest BCUT2D eigenvalue weighted by Gasteiger charge is -2.41. The first kappa shape index (κ1) is 14.0. The van der Waals surface area contributed by atoms with Crippen molar-refractivity contribution in [1.82, 2.24) is 9.88 Å². The summed E-state index contributed by atoms with van der Waals surface area (Å²) in [6.45, 7) is 2.44. The standard InChI is InChI=1S/C15H23N3OS/c16-7-5-14-17-13(10-20-14)15(19)18-8-6-11-3-1-2-4-12(11)9-18/h10-12H,1-9,16H2. The quantitative estimate of drug-likeness (QED) is 0.930. The molecule has 0 bridgehead atoms. The molecule has 5 heteroatoms. The molecule has 1 aliphatic carbocycles. The maximum Gasteiger partial charge on any atom is 0.273 e. The highest BCUT2D eigenvalue weighted by Gasteiger charge is 2.33. The minimum absolute atomic E-state index is 0.119. The Labute approximate surface area is 124 Å². The van der Waals surface area contributed by atoms with Crippen LogP contribution in [0.25, 0.3) is 0 Å². The number of hydrogen-bond donors (Lipinski definition) is 1. The zero-order valence-corrected chi connectivity index (χ0v) is 12.7. The summed E-state index contributed by atoms with van der Waals surface area (Å²) < 4.78 is 0. The van der Waals surface area contributed by atoms with E-state index in [1.54, 1.807) is 11.3 Å². The number of hydrogen-bond acceptors (Lipinski definition) is 4. The molecule has 2 fully saturated rings. The van der Waals surface area contributed by atoms with Gasteiger partial charge in [-0.25, -0.2) is 4.98 Å². The highest BCUT2D eigenvalue weighted by atomic mass is 32.1. The van der Waals surface area contributed by atoms with Gasteiger partial charge in [-0.3, -0.25) is 4.79 Å². The van der Waals surface area contributed by atoms with Gasteiger partial charge in [0.15, 0.2) is 0 Å². The Morgan fingerprint density at radius 2 is 2.15 bits per heavy atom. The second-order valence-corrected chi connectivity index (χ2v) is 6.95. The average molecular weight is 293 g/mol. The number of aromatic nitrogens is 1. The van der Waals surface area contributed by atoms with E-state index in [9.17, 15) is 4.79 Å². The number of amides is 1. The Hall–Kier alpha value is -0.940. The van der Waals surface area contributed by atoms with Crippen molar-refractivity contribution in [2.75, 3.05) is 19.6 Å². The van der Waals surface area contributed by atoms with Gasteiger partial charge in [-0.15, -0.1) is 11.3 Å². The minimum atomic E-state index is 0.119. The summed E-state index contributed by atoms with van der Waals surface area (Å²) in [6.07, 6.45) is 7.32. The second-order valence-electron chi connectivity index (χ2n) is 6.01. The molecule has 2 N–H and O–H groups in total. The fourth-order valence-electron chi connectivity index (χ4n) is 3.59. The highest BCUT2D eigenvalue weighted by Crippen LogP contribution is 2.36. The van der Waals surface area contributed by atoms with Gasteiger partial charge in [0.1, 0.15) is 5.69 Å². The van der Waals surface area contributed by atoms with E-state index in [0.717, 1.165) is 36.4 Å². The van der Waals surface area contributed by atoms with E-state index in [1.165, 1.54) is 32.1 Å². The van der Waals surface area contributed by atoms with Crippen molar-refractivity contribution < 1.29 is 4.79 Å². The first-order valence-corrected chi connectivity index (χ1v) is 8.59. The number of nitrogens with two attached hydrogens (primary N) is 1. The third-order valence-electron chi connectivity index (χ3n) is 4.71. The topological polar surface area (TPSA) is 59.2 Å². The molecule has 0 radical (unpaired) electrons. The number of piperidine rings is 1. The van der Waals surface area contributed by atoms with Crippen LogP contribution in [0.4, 0.5) is 0 Å². The Bertz CT molecular complexity index is 473. The Balaban J connectivity index is 1.64. The van der Waals surface area contributed by atoms with Crippen LogP contribution < -0.4 is 5.73 Å². The fourth-order valence-corrected chi connectivity index (χ4v) is 4.38. The predicted molar refractivity (Wildman–Crippen MR) is 80.8 cm³/mol. The van der Waals surface area contributed by atoms with Crippen molar-refractivity contribution in [1.29, 1.82) is 0 Å². The lowest BCUT2D eigenvalue weighted by atomic mass is 9.75. The summed E-state index contributed by atoms with van der Waals surface area (Å²) in [5, 5.41) is 2.86. The summed E-state index contributed by atoms with van der Waals surface area (Å²) in [7, 11) is 0. The molecular formula is C15H23N3OS. The van der Waals surface area contributed by atoms with E-state index in [0.29, 0.717) is 12.2 Å². The number of rotatable bonds is 3. The Morgan fingerprint density at radius 3 is 2.95 bits per heavy atom. The van der Waals surface area contributed by atoms with Crippen molar-refractivity contribution in [3.8, 4) is 0 Å². The molecule has 1 aromatic heterocycles. The van der Waals surface area contributed by atoms with Crippen LogP contribution in [-0.4, -0.2) is 35.4 Å². The van der Waals surface area contributed by atoms with E-state index in [2.05, 4.69) is 4.98 Å². The molecule has 3 rings (SSSR count). The lowest BCUT2D eigenvalue weighted by Crippen LogP contribution is -2.44. The molecule has 4 nitrogen and oxygen atoms in total. The number of thiazole rings is 1. The Kier molecular flexibility index (Phi) is 4.36. The second kappa shape index (κ2) is 6.22. The number of carbonyl (C=O) groups is 1. The maximum atomic E-state index is 12.5. The molecule has 1 saturated carbocycles. The molecule has 1 aromatic rings. The smallest absolute Gasteiger partial charge is 0.273 e. The Morgan fingerprint density at radius 1 is 1.35 bits per heavy atom. The largest absolute Gasteiger partial charge is 0.337 e. The van der Waals surface area contributed by atoms with Crippen LogP contribution in [0.2, 0.25) is 0 Å². The van der Waals surface area contributed by atoms with E-state index >= 15 is 0 Å². The summed E-state index contributed by atoms with van der Waals surface area (Å²) >= 11 is 1.55. The molecule has 2 heterocycles. The number of likely N-dealkylation sites (tertiary alicyclic amines) is 1. The van der Waals surface area contributed by atoms with Gasteiger partial charge in [-0.05, 0) is 31.2 Å². The van der Waals surface area contributed by atoms with Crippen molar-refractivity contribution in [3.05, 3.63) is 16.1 Å². The summed E-state index contributed by atoms with van der Waals surface area (Å²) in [6, 6.07) is 0. The lowest BCUT2D eigenvalue weighted by molar-refractivity contribution is 0.0516. The van der Waals surface area contributed by atoms with Crippen LogP contribution in [0.5, 0.6) is 0 Å². The predicted octanol–water partition coefficient (Wildman–Crippen LogP) is 2.30. The third-order valence-corrected chi connectivity index (χ3v) is 5.62. The molecular weight excluding hydrogens is 270 g/mol. The molecule has 110 valence electrons. The molecule has 20 heavy (non-hydrogen) atoms. The van der Waals surface area contributed by atoms with Crippen LogP contribution in [0.1, 0.15) is 47.6 Å². The van der Waals surface area contributed by atoms with Gasteiger partial charge in [-0.1, -0.05) is 19.3 Å². The molecule has 1 amide bonds. The van der Waals surface area contributed by atoms with Gasteiger partial charge in [0.2, 0.25) is 0 Å². The SMILES string of the molecule is NCCc1nc(C(=O)N2CCC3CCCCC3C2)cs1. The van der Waals surface area contributed by atoms with Gasteiger partial charge >= 0.3 is 0 Å². The van der Waals surface area contributed by atoms with Gasteiger partial charge in [0.25, 0.3) is 5.91 Å². The fraction of sp³-hybridized carbons (Fsp3) is 0.733. The third kappa shape index (κ3) is 2.88. The maximum absolute atomic E-state index is 12.5. The number of nitrogens with zero attached hydrogens (tertiary/aromatic N) is 2. The van der Waals surface area contributed by atoms with E-state index in [4.69, 9.17) is 5.73 Å². The molecule has 0 spiro atoms. The molecule has 0 aromatic carbocycles. The van der Waals surface area contributed by atoms with Crippen molar-refractivity contribution in [2.45, 2.75) is 38.5 Å². The highest BCUT2D eigenvalue weighted by molar-refractivity contribution is 7.09. The van der Waals surface area contributed by atoms with Crippen LogP contribution in [-0.2, 0) is 6.42 Å². The summed E-state index contributed by atoms with van der Waals surface area (Å²) in [5.41, 5.74) is 6.15. The molecule has 1 saturated heterocycles.